The van der Waals surface area contributed by atoms with Gasteiger partial charge >= 0.3 is 26.2 Å². The molecule has 0 aromatic heterocycles. The maximum Gasteiger partial charge on any atom is 2.00 e. The van der Waals surface area contributed by atoms with Crippen molar-refractivity contribution in [2.24, 2.45) is 0 Å². The molecule has 0 saturated carbocycles. The number of benzene rings is 4. The molecule has 0 spiro atoms. The van der Waals surface area contributed by atoms with Crippen molar-refractivity contribution in [2.45, 2.75) is 39.8 Å². The summed E-state index contributed by atoms with van der Waals surface area (Å²) in [5.41, 5.74) is 5.52. The summed E-state index contributed by atoms with van der Waals surface area (Å²) >= 11 is 0. The van der Waals surface area contributed by atoms with E-state index in [-0.39, 0.29) is 26.2 Å². The minimum Gasteiger partial charge on any atom is -0.165 e. The van der Waals surface area contributed by atoms with Gasteiger partial charge < -0.3 is 0 Å². The van der Waals surface area contributed by atoms with Gasteiger partial charge in [-0.2, -0.15) is 12.1 Å². The van der Waals surface area contributed by atoms with Crippen LogP contribution in [0.2, 0.25) is 13.1 Å². The molecule has 0 bridgehead atoms. The van der Waals surface area contributed by atoms with Gasteiger partial charge in [-0.1, -0.05) is 99.7 Å². The summed E-state index contributed by atoms with van der Waals surface area (Å²) in [6.45, 7) is 8.56. The second-order valence-corrected chi connectivity index (χ2v) is 10.3. The first-order valence-electron chi connectivity index (χ1n) is 13.0. The van der Waals surface area contributed by atoms with Crippen LogP contribution in [0.1, 0.15) is 22.3 Å². The molecule has 2 radical (unpaired) electrons. The van der Waals surface area contributed by atoms with Gasteiger partial charge in [-0.15, -0.1) is 81.2 Å². The third-order valence-corrected chi connectivity index (χ3v) is 5.91. The molecule has 0 nitrogen and oxygen atoms in total. The molecule has 0 atom stereocenters. The van der Waals surface area contributed by atoms with Gasteiger partial charge in [0.2, 0.25) is 0 Å². The van der Waals surface area contributed by atoms with Gasteiger partial charge in [-0.05, 0) is 24.0 Å². The van der Waals surface area contributed by atoms with Crippen LogP contribution in [0.5, 0.6) is 0 Å². The van der Waals surface area contributed by atoms with Crippen LogP contribution in [-0.4, -0.2) is 9.52 Å². The Kier molecular flexibility index (Phi) is 14.6. The van der Waals surface area contributed by atoms with Gasteiger partial charge in [0.1, 0.15) is 0 Å². The largest absolute Gasteiger partial charge is 2.00 e. The molecule has 6 aromatic carbocycles. The summed E-state index contributed by atoms with van der Waals surface area (Å²) in [4.78, 5) is 0. The predicted molar refractivity (Wildman–Crippen MR) is 166 cm³/mol. The minimum atomic E-state index is 0. The topological polar surface area (TPSA) is 0 Å². The third kappa shape index (κ3) is 10.9. The second kappa shape index (κ2) is 17.7. The first-order valence-corrected chi connectivity index (χ1v) is 15.0. The molecule has 38 heavy (non-hydrogen) atoms. The summed E-state index contributed by atoms with van der Waals surface area (Å²) in [6.07, 6.45) is 2.26. The van der Waals surface area contributed by atoms with Crippen LogP contribution in [0.15, 0.2) is 133 Å². The van der Waals surface area contributed by atoms with Crippen LogP contribution in [0.25, 0.3) is 21.5 Å². The molecule has 0 fully saturated rings. The van der Waals surface area contributed by atoms with Gasteiger partial charge in [0.15, 0.2) is 0 Å². The van der Waals surface area contributed by atoms with E-state index in [1.807, 2.05) is 0 Å². The van der Waals surface area contributed by atoms with Crippen LogP contribution in [0, 0.1) is 13.8 Å². The average Bonchev–Trinajstić information content (AvgIpc) is 3.50. The molecule has 0 amide bonds. The summed E-state index contributed by atoms with van der Waals surface area (Å²) in [6, 6.07) is 46.9. The molecule has 190 valence electrons. The van der Waals surface area contributed by atoms with Gasteiger partial charge in [-0.25, -0.2) is 0 Å². The summed E-state index contributed by atoms with van der Waals surface area (Å²) in [5, 5.41) is 5.39. The molecule has 0 heterocycles. The summed E-state index contributed by atoms with van der Waals surface area (Å²) < 4.78 is 0. The van der Waals surface area contributed by atoms with Gasteiger partial charge in [0.25, 0.3) is 0 Å². The van der Waals surface area contributed by atoms with Crippen molar-refractivity contribution in [1.29, 1.82) is 0 Å². The third-order valence-electron chi connectivity index (χ3n) is 5.91. The number of rotatable bonds is 3. The quantitative estimate of drug-likeness (QED) is 0.142. The molecule has 0 aliphatic rings. The molecule has 0 saturated heterocycles. The molecule has 0 N–H and O–H groups in total. The monoisotopic (exact) mass is 588 g/mol. The number of fused-ring (bicyclic) bond motifs is 2. The van der Waals surface area contributed by atoms with Gasteiger partial charge in [0.05, 0.1) is 0 Å². The van der Waals surface area contributed by atoms with E-state index in [4.69, 9.17) is 0 Å². The molecule has 0 unspecified atom stereocenters. The van der Waals surface area contributed by atoms with Crippen molar-refractivity contribution < 1.29 is 26.2 Å². The molecule has 6 rings (SSSR count). The van der Waals surface area contributed by atoms with Crippen LogP contribution in [0.4, 0.5) is 0 Å². The van der Waals surface area contributed by atoms with E-state index in [9.17, 15) is 0 Å². The van der Waals surface area contributed by atoms with Crippen molar-refractivity contribution in [2.75, 3.05) is 0 Å². The van der Waals surface area contributed by atoms with E-state index in [1.165, 1.54) is 43.8 Å². The molecular formula is C36H38SiZr. The zero-order valence-electron chi connectivity index (χ0n) is 23.1. The van der Waals surface area contributed by atoms with Crippen LogP contribution in [0.3, 0.4) is 0 Å². The SMILES string of the molecule is C[Si]C.Cc1cc2ccccc2[cH-]1.Cc1cc2ccccc2[cH-]1.[Zr+2].c1ccc(CCc2ccccc2)cc1. The standard InChI is InChI=1S/C14H14.2C10H9.C2H6Si.Zr/c1-3-7-13(8-4-1)11-12-14-9-5-2-6-10-14;2*1-8-6-9-4-2-3-5-10(9)7-8;1-3-2;/h1-10H,11-12H2;2*2-7H,1H3;1-2H3;/q;2*-1;;+2. The zero-order valence-corrected chi connectivity index (χ0v) is 26.6. The first kappa shape index (κ1) is 31.4. The smallest absolute Gasteiger partial charge is 0.165 e. The van der Waals surface area contributed by atoms with Crippen molar-refractivity contribution in [3.8, 4) is 0 Å². The molecule has 2 heteroatoms. The van der Waals surface area contributed by atoms with E-state index < -0.39 is 0 Å². The van der Waals surface area contributed by atoms with Crippen molar-refractivity contribution >= 4 is 31.1 Å². The van der Waals surface area contributed by atoms with E-state index in [0.717, 1.165) is 22.4 Å². The Hall–Kier alpha value is -2.80. The fourth-order valence-corrected chi connectivity index (χ4v) is 4.19. The maximum atomic E-state index is 2.20. The Balaban J connectivity index is 0.000000191. The Morgan fingerprint density at radius 2 is 0.816 bits per heavy atom. The van der Waals surface area contributed by atoms with Crippen LogP contribution >= 0.6 is 0 Å². The van der Waals surface area contributed by atoms with E-state index in [0.29, 0.717) is 0 Å². The summed E-state index contributed by atoms with van der Waals surface area (Å²) in [7, 11) is 1.08. The maximum absolute atomic E-state index is 2.20. The second-order valence-electron chi connectivity index (χ2n) is 9.29. The number of aryl methyl sites for hydroxylation is 4. The van der Waals surface area contributed by atoms with Crippen LogP contribution in [-0.2, 0) is 39.0 Å². The molecule has 6 aromatic rings. The Bertz CT molecular complexity index is 1250. The molecule has 0 aliphatic heterocycles. The fourth-order valence-electron chi connectivity index (χ4n) is 4.19. The minimum absolute atomic E-state index is 0. The average molecular weight is 590 g/mol. The Morgan fingerprint density at radius 1 is 0.500 bits per heavy atom. The molecular weight excluding hydrogens is 552 g/mol. The first-order chi connectivity index (χ1) is 18.1. The van der Waals surface area contributed by atoms with Gasteiger partial charge in [0, 0.05) is 9.52 Å². The van der Waals surface area contributed by atoms with Crippen LogP contribution < -0.4 is 0 Å². The molecule has 0 aliphatic carbocycles. The fraction of sp³-hybridized carbons (Fsp3) is 0.167. The normalized spacial score (nSPS) is 9.68. The van der Waals surface area contributed by atoms with Crippen molar-refractivity contribution in [1.82, 2.24) is 0 Å². The number of hydrogen-bond acceptors (Lipinski definition) is 0. The number of hydrogen-bond donors (Lipinski definition) is 0. The van der Waals surface area contributed by atoms with E-state index >= 15 is 0 Å². The van der Waals surface area contributed by atoms with E-state index in [1.54, 1.807) is 0 Å². The Morgan fingerprint density at radius 3 is 1.16 bits per heavy atom. The van der Waals surface area contributed by atoms with Crippen molar-refractivity contribution in [3.63, 3.8) is 0 Å². The van der Waals surface area contributed by atoms with E-state index in [2.05, 4.69) is 160 Å². The predicted octanol–water partition coefficient (Wildman–Crippen LogP) is 9.99. The Labute approximate surface area is 251 Å². The van der Waals surface area contributed by atoms with Gasteiger partial charge in [-0.3, -0.25) is 0 Å². The summed E-state index contributed by atoms with van der Waals surface area (Å²) in [5.74, 6) is 0. The van der Waals surface area contributed by atoms with Crippen molar-refractivity contribution in [3.05, 3.63) is 156 Å². The zero-order chi connectivity index (χ0) is 26.3.